The average Bonchev–Trinajstić information content (AvgIpc) is 3.25. The van der Waals surface area contributed by atoms with Crippen molar-refractivity contribution in [2.75, 3.05) is 0 Å². The fraction of sp³-hybridized carbons (Fsp3) is 0. The number of rotatable bonds is 2. The Bertz CT molecular complexity index is 1120. The van der Waals surface area contributed by atoms with Crippen molar-refractivity contribution >= 4 is 21.9 Å². The van der Waals surface area contributed by atoms with Crippen LogP contribution in [0.1, 0.15) is 0 Å². The normalized spacial score (nSPS) is 11.3. The lowest BCUT2D eigenvalue weighted by Gasteiger charge is -2.00. The molecule has 0 radical (unpaired) electrons. The first-order valence-electron chi connectivity index (χ1n) is 7.57. The van der Waals surface area contributed by atoms with Gasteiger partial charge in [0.25, 0.3) is 0 Å². The van der Waals surface area contributed by atoms with Crippen molar-refractivity contribution in [1.29, 1.82) is 0 Å². The van der Waals surface area contributed by atoms with Crippen molar-refractivity contribution in [3.63, 3.8) is 0 Å². The molecule has 0 bridgehead atoms. The highest BCUT2D eigenvalue weighted by Gasteiger charge is 2.13. The number of aromatic nitrogens is 6. The van der Waals surface area contributed by atoms with Gasteiger partial charge in [-0.25, -0.2) is 4.98 Å². The SMILES string of the molecule is c1cncc(-c2cc3c(-c4cc5cccnc5[nH]4)n[nH]c3cn2)c1. The molecule has 0 unspecified atom stereocenters. The maximum absolute atomic E-state index is 4.49. The zero-order chi connectivity index (χ0) is 15.9. The van der Waals surface area contributed by atoms with E-state index >= 15 is 0 Å². The number of pyridine rings is 3. The van der Waals surface area contributed by atoms with Gasteiger partial charge in [-0.05, 0) is 36.4 Å². The Morgan fingerprint density at radius 1 is 0.917 bits per heavy atom. The molecule has 0 saturated heterocycles. The van der Waals surface area contributed by atoms with Crippen LogP contribution in [0.15, 0.2) is 61.2 Å². The van der Waals surface area contributed by atoms with Crippen molar-refractivity contribution in [3.8, 4) is 22.6 Å². The van der Waals surface area contributed by atoms with Gasteiger partial charge in [0.1, 0.15) is 11.3 Å². The van der Waals surface area contributed by atoms with Crippen molar-refractivity contribution < 1.29 is 0 Å². The molecule has 0 aliphatic rings. The van der Waals surface area contributed by atoms with Crippen molar-refractivity contribution in [3.05, 3.63) is 61.2 Å². The predicted molar refractivity (Wildman–Crippen MR) is 92.2 cm³/mol. The number of nitrogens with one attached hydrogen (secondary N) is 2. The summed E-state index contributed by atoms with van der Waals surface area (Å²) in [6.45, 7) is 0. The number of hydrogen-bond acceptors (Lipinski definition) is 4. The average molecular weight is 312 g/mol. The molecule has 0 fully saturated rings. The molecule has 2 N–H and O–H groups in total. The zero-order valence-corrected chi connectivity index (χ0v) is 12.6. The maximum Gasteiger partial charge on any atom is 0.137 e. The van der Waals surface area contributed by atoms with E-state index in [0.29, 0.717) is 0 Å². The molecule has 6 nitrogen and oxygen atoms in total. The van der Waals surface area contributed by atoms with E-state index < -0.39 is 0 Å². The first-order valence-corrected chi connectivity index (χ1v) is 7.57. The Hall–Kier alpha value is -3.54. The van der Waals surface area contributed by atoms with Crippen LogP contribution in [0.25, 0.3) is 44.6 Å². The second kappa shape index (κ2) is 4.99. The molecule has 0 aliphatic heterocycles. The van der Waals surface area contributed by atoms with Crippen LogP contribution in [-0.2, 0) is 0 Å². The first-order chi connectivity index (χ1) is 11.9. The summed E-state index contributed by atoms with van der Waals surface area (Å²) in [6, 6.07) is 11.9. The largest absolute Gasteiger partial charge is 0.338 e. The topological polar surface area (TPSA) is 83.1 Å². The molecule has 0 atom stereocenters. The van der Waals surface area contributed by atoms with Gasteiger partial charge >= 0.3 is 0 Å². The molecule has 24 heavy (non-hydrogen) atoms. The van der Waals surface area contributed by atoms with Crippen LogP contribution < -0.4 is 0 Å². The van der Waals surface area contributed by atoms with Crippen LogP contribution in [-0.4, -0.2) is 30.1 Å². The number of hydrogen-bond donors (Lipinski definition) is 2. The third kappa shape index (κ3) is 1.97. The minimum Gasteiger partial charge on any atom is -0.338 e. The van der Waals surface area contributed by atoms with E-state index in [1.54, 1.807) is 24.8 Å². The number of H-pyrrole nitrogens is 2. The van der Waals surface area contributed by atoms with Crippen LogP contribution in [0.4, 0.5) is 0 Å². The summed E-state index contributed by atoms with van der Waals surface area (Å²) in [4.78, 5) is 16.3. The van der Waals surface area contributed by atoms with Crippen molar-refractivity contribution in [1.82, 2.24) is 30.1 Å². The van der Waals surface area contributed by atoms with E-state index in [4.69, 9.17) is 0 Å². The second-order valence-corrected chi connectivity index (χ2v) is 5.55. The van der Waals surface area contributed by atoms with Gasteiger partial charge in [0.15, 0.2) is 0 Å². The molecule has 0 amide bonds. The van der Waals surface area contributed by atoms with Crippen LogP contribution in [0.5, 0.6) is 0 Å². The van der Waals surface area contributed by atoms with Gasteiger partial charge in [-0.2, -0.15) is 5.10 Å². The van der Waals surface area contributed by atoms with E-state index in [-0.39, 0.29) is 0 Å². The summed E-state index contributed by atoms with van der Waals surface area (Å²) in [5.74, 6) is 0. The fourth-order valence-corrected chi connectivity index (χ4v) is 2.88. The minimum absolute atomic E-state index is 0.852. The molecule has 0 saturated carbocycles. The zero-order valence-electron chi connectivity index (χ0n) is 12.6. The summed E-state index contributed by atoms with van der Waals surface area (Å²) in [5.41, 5.74) is 5.38. The standard InChI is InChI=1S/C18H12N6/c1-4-12(9-19-5-1)14-8-13-16(10-21-14)23-24-17(13)15-7-11-3-2-6-20-18(11)22-15/h1-10H,(H,20,22)(H,23,24). The molecule has 5 aromatic rings. The molecule has 0 spiro atoms. The highest BCUT2D eigenvalue weighted by atomic mass is 15.1. The fourth-order valence-electron chi connectivity index (χ4n) is 2.88. The molecule has 5 heterocycles. The molecule has 5 rings (SSSR count). The monoisotopic (exact) mass is 312 g/mol. The Morgan fingerprint density at radius 2 is 1.88 bits per heavy atom. The van der Waals surface area contributed by atoms with Crippen LogP contribution >= 0.6 is 0 Å². The molecule has 5 aromatic heterocycles. The lowest BCUT2D eigenvalue weighted by atomic mass is 10.1. The maximum atomic E-state index is 4.49. The Balaban J connectivity index is 1.71. The highest BCUT2D eigenvalue weighted by Crippen LogP contribution is 2.29. The highest BCUT2D eigenvalue weighted by molar-refractivity contribution is 5.96. The van der Waals surface area contributed by atoms with E-state index in [9.17, 15) is 0 Å². The van der Waals surface area contributed by atoms with Crippen LogP contribution in [0.2, 0.25) is 0 Å². The van der Waals surface area contributed by atoms with Gasteiger partial charge in [-0.15, -0.1) is 0 Å². The summed E-state index contributed by atoms with van der Waals surface area (Å²) < 4.78 is 0. The van der Waals surface area contributed by atoms with E-state index in [2.05, 4.69) is 36.2 Å². The third-order valence-corrected chi connectivity index (χ3v) is 4.05. The molecule has 0 aliphatic carbocycles. The molecular weight excluding hydrogens is 300 g/mol. The van der Waals surface area contributed by atoms with Gasteiger partial charge in [0, 0.05) is 34.9 Å². The van der Waals surface area contributed by atoms with Gasteiger partial charge in [0.05, 0.1) is 23.1 Å². The van der Waals surface area contributed by atoms with E-state index in [0.717, 1.165) is 44.6 Å². The summed E-state index contributed by atoms with van der Waals surface area (Å²) in [6.07, 6.45) is 7.13. The molecule has 114 valence electrons. The van der Waals surface area contributed by atoms with Crippen LogP contribution in [0, 0.1) is 0 Å². The summed E-state index contributed by atoms with van der Waals surface area (Å²) in [5, 5.41) is 9.57. The first kappa shape index (κ1) is 13.0. The Labute approximate surface area is 136 Å². The summed E-state index contributed by atoms with van der Waals surface area (Å²) in [7, 11) is 0. The minimum atomic E-state index is 0.852. The second-order valence-electron chi connectivity index (χ2n) is 5.55. The van der Waals surface area contributed by atoms with E-state index in [1.165, 1.54) is 0 Å². The Morgan fingerprint density at radius 3 is 2.75 bits per heavy atom. The smallest absolute Gasteiger partial charge is 0.137 e. The Kier molecular flexibility index (Phi) is 2.69. The van der Waals surface area contributed by atoms with Gasteiger partial charge in [-0.1, -0.05) is 0 Å². The number of aromatic amines is 2. The summed E-state index contributed by atoms with van der Waals surface area (Å²) >= 11 is 0. The van der Waals surface area contributed by atoms with Crippen LogP contribution in [0.3, 0.4) is 0 Å². The predicted octanol–water partition coefficient (Wildman–Crippen LogP) is 3.56. The van der Waals surface area contributed by atoms with E-state index in [1.807, 2.05) is 30.3 Å². The lowest BCUT2D eigenvalue weighted by Crippen LogP contribution is -1.85. The lowest BCUT2D eigenvalue weighted by molar-refractivity contribution is 1.11. The van der Waals surface area contributed by atoms with Gasteiger partial charge in [0.2, 0.25) is 0 Å². The molecular formula is C18H12N6. The quantitative estimate of drug-likeness (QED) is 0.522. The molecule has 6 heteroatoms. The van der Waals surface area contributed by atoms with Gasteiger partial charge in [-0.3, -0.25) is 15.1 Å². The van der Waals surface area contributed by atoms with Crippen molar-refractivity contribution in [2.45, 2.75) is 0 Å². The third-order valence-electron chi connectivity index (χ3n) is 4.05. The number of fused-ring (bicyclic) bond motifs is 2. The van der Waals surface area contributed by atoms with Crippen molar-refractivity contribution in [2.24, 2.45) is 0 Å². The molecule has 0 aromatic carbocycles. The number of nitrogens with zero attached hydrogens (tertiary/aromatic N) is 4. The van der Waals surface area contributed by atoms with Gasteiger partial charge < -0.3 is 4.98 Å².